The van der Waals surface area contributed by atoms with Crippen molar-refractivity contribution in [1.82, 2.24) is 29.4 Å². The number of anilines is 1. The maximum Gasteiger partial charge on any atom is 0.417 e. The summed E-state index contributed by atoms with van der Waals surface area (Å²) in [6, 6.07) is 3.36. The van der Waals surface area contributed by atoms with Gasteiger partial charge in [0.1, 0.15) is 16.2 Å². The molecule has 3 atom stereocenters. The summed E-state index contributed by atoms with van der Waals surface area (Å²) in [5.74, 6) is 0.621. The van der Waals surface area contributed by atoms with Gasteiger partial charge in [-0.25, -0.2) is 9.25 Å². The Balaban J connectivity index is 1.41. The monoisotopic (exact) mass is 783 g/mol. The molecule has 2 aliphatic heterocycles. The minimum Gasteiger partial charge on any atom is -0.467 e. The first-order chi connectivity index (χ1) is 21.8. The molecule has 2 saturated heterocycles. The van der Waals surface area contributed by atoms with Crippen molar-refractivity contribution in [3.63, 3.8) is 0 Å². The Labute approximate surface area is 281 Å². The molecule has 5 aromatic rings. The van der Waals surface area contributed by atoms with Gasteiger partial charge in [0.15, 0.2) is 0 Å². The topological polar surface area (TPSA) is 98.5 Å². The van der Waals surface area contributed by atoms with Crippen LogP contribution in [0.15, 0.2) is 24.5 Å². The van der Waals surface area contributed by atoms with Crippen LogP contribution in [0.4, 0.5) is 23.8 Å². The summed E-state index contributed by atoms with van der Waals surface area (Å²) in [7, 11) is 1.49. The molecule has 0 N–H and O–H groups in total. The van der Waals surface area contributed by atoms with Crippen LogP contribution in [-0.4, -0.2) is 73.4 Å². The zero-order valence-corrected chi connectivity index (χ0v) is 29.5. The van der Waals surface area contributed by atoms with Crippen LogP contribution in [-0.2, 0) is 10.9 Å². The molecule has 1 amide bonds. The van der Waals surface area contributed by atoms with Crippen molar-refractivity contribution in [3.8, 4) is 17.3 Å². The second-order valence-corrected chi connectivity index (χ2v) is 15.6. The van der Waals surface area contributed by atoms with E-state index in [1.54, 1.807) is 22.8 Å². The first-order valence-electron chi connectivity index (χ1n) is 14.6. The number of halogens is 4. The average Bonchev–Trinajstić information content (AvgIpc) is 3.65. The lowest BCUT2D eigenvalue weighted by atomic mass is 9.94. The lowest BCUT2D eigenvalue weighted by Gasteiger charge is -2.42. The van der Waals surface area contributed by atoms with E-state index in [1.807, 2.05) is 25.7 Å². The highest BCUT2D eigenvalue weighted by atomic mass is 127. The number of piperazine rings is 1. The third-order valence-electron chi connectivity index (χ3n) is 8.45. The van der Waals surface area contributed by atoms with E-state index in [2.05, 4.69) is 42.0 Å². The van der Waals surface area contributed by atoms with Gasteiger partial charge in [-0.05, 0) is 80.3 Å². The number of hydrogen-bond donors (Lipinski definition) is 0. The number of aryl methyl sites for hydroxylation is 1. The number of nitrogens with zero attached hydrogens (tertiary/aromatic N) is 7. The SMILES string of the molecule is COc1nc(N2CC3CCC(C2)N3C(=O)OC(C)(C)C)c2c(n1)sc1c(-c3c(C(F)(F)F)c(C)cc4c3cnn4PI)nccc12. The molecule has 0 aliphatic carbocycles. The number of methoxy groups -OCH3 is 1. The van der Waals surface area contributed by atoms with Crippen LogP contribution >= 0.6 is 39.8 Å². The van der Waals surface area contributed by atoms with Crippen molar-refractivity contribution in [3.05, 3.63) is 35.7 Å². The van der Waals surface area contributed by atoms with Crippen LogP contribution in [0.25, 0.3) is 42.5 Å². The Kier molecular flexibility index (Phi) is 7.75. The van der Waals surface area contributed by atoms with E-state index in [-0.39, 0.29) is 47.4 Å². The number of carbonyl (C=O) groups is 1. The summed E-state index contributed by atoms with van der Waals surface area (Å²) in [5, 5.41) is 6.20. The van der Waals surface area contributed by atoms with Crippen LogP contribution in [0.1, 0.15) is 44.7 Å². The number of benzene rings is 1. The molecule has 2 aliphatic rings. The van der Waals surface area contributed by atoms with Gasteiger partial charge in [-0.2, -0.15) is 28.2 Å². The van der Waals surface area contributed by atoms with Crippen LogP contribution in [0.2, 0.25) is 0 Å². The maximum atomic E-state index is 14.7. The van der Waals surface area contributed by atoms with Crippen molar-refractivity contribution < 1.29 is 27.4 Å². The quantitative estimate of drug-likeness (QED) is 0.134. The Morgan fingerprint density at radius 3 is 2.48 bits per heavy atom. The number of pyridine rings is 1. The van der Waals surface area contributed by atoms with Crippen molar-refractivity contribution in [2.45, 2.75) is 64.4 Å². The van der Waals surface area contributed by atoms with E-state index in [9.17, 15) is 18.0 Å². The molecule has 16 heteroatoms. The number of amides is 1. The molecule has 4 aromatic heterocycles. The predicted octanol–water partition coefficient (Wildman–Crippen LogP) is 7.97. The molecule has 46 heavy (non-hydrogen) atoms. The van der Waals surface area contributed by atoms with Crippen LogP contribution in [0.3, 0.4) is 0 Å². The largest absolute Gasteiger partial charge is 0.467 e. The van der Waals surface area contributed by atoms with Gasteiger partial charge < -0.3 is 14.4 Å². The zero-order chi connectivity index (χ0) is 32.7. The van der Waals surface area contributed by atoms with Gasteiger partial charge in [0.05, 0.1) is 58.6 Å². The van der Waals surface area contributed by atoms with Crippen LogP contribution in [0, 0.1) is 6.92 Å². The molecule has 3 unspecified atom stereocenters. The van der Waals surface area contributed by atoms with E-state index in [0.29, 0.717) is 44.7 Å². The van der Waals surface area contributed by atoms with E-state index in [1.165, 1.54) is 31.6 Å². The van der Waals surface area contributed by atoms with Crippen LogP contribution in [0.5, 0.6) is 6.01 Å². The number of carbonyl (C=O) groups excluding carboxylic acids is 1. The normalized spacial score (nSPS) is 19.0. The fourth-order valence-electron chi connectivity index (χ4n) is 6.73. The van der Waals surface area contributed by atoms with Crippen molar-refractivity contribution in [2.24, 2.45) is 0 Å². The van der Waals surface area contributed by atoms with Gasteiger partial charge >= 0.3 is 18.3 Å². The summed E-state index contributed by atoms with van der Waals surface area (Å²) < 4.78 is 57.7. The number of alkyl halides is 3. The van der Waals surface area contributed by atoms with E-state index in [0.717, 1.165) is 18.2 Å². The first-order valence-corrected chi connectivity index (χ1v) is 19.5. The van der Waals surface area contributed by atoms with E-state index < -0.39 is 17.3 Å². The lowest BCUT2D eigenvalue weighted by molar-refractivity contribution is -0.137. The third kappa shape index (κ3) is 5.22. The molecule has 0 saturated carbocycles. The standard InChI is InChI=1S/C30H30F3IN7O3PS/c1-14-10-19-18(11-36-41(19)45-34)20(22(14)30(31,32)33)23-24-17(8-9-35-23)21-25(37-27(43-5)38-26(21)46-24)39-12-15-6-7-16(13-39)40(15)28(42)44-29(2,3)4/h8-11,15-16,45H,6-7,12-13H2,1-5H3. The molecule has 10 nitrogen and oxygen atoms in total. The predicted molar refractivity (Wildman–Crippen MR) is 183 cm³/mol. The number of rotatable bonds is 4. The summed E-state index contributed by atoms with van der Waals surface area (Å²) >= 11 is 3.43. The van der Waals surface area contributed by atoms with Gasteiger partial charge in [0.2, 0.25) is 0 Å². The lowest BCUT2D eigenvalue weighted by Crippen LogP contribution is -2.57. The minimum atomic E-state index is -4.62. The number of ether oxygens (including phenoxy) is 2. The number of hydrogen-bond acceptors (Lipinski definition) is 9. The second kappa shape index (κ2) is 11.3. The second-order valence-electron chi connectivity index (χ2n) is 12.5. The molecule has 2 bridgehead atoms. The molecule has 1 aromatic carbocycles. The summed E-state index contributed by atoms with van der Waals surface area (Å²) in [4.78, 5) is 31.7. The molecule has 242 valence electrons. The van der Waals surface area contributed by atoms with Crippen molar-refractivity contribution in [1.29, 1.82) is 0 Å². The molecular weight excluding hydrogens is 753 g/mol. The summed E-state index contributed by atoms with van der Waals surface area (Å²) in [6.45, 7) is 8.08. The fourth-order valence-corrected chi connectivity index (χ4v) is 9.41. The molecule has 0 radical (unpaired) electrons. The molecule has 7 rings (SSSR count). The Morgan fingerprint density at radius 1 is 1.13 bits per heavy atom. The number of aromatic nitrogens is 5. The van der Waals surface area contributed by atoms with Gasteiger partial charge in [0.25, 0.3) is 0 Å². The average molecular weight is 784 g/mol. The Bertz CT molecular complexity index is 2010. The van der Waals surface area contributed by atoms with E-state index in [4.69, 9.17) is 14.5 Å². The third-order valence-corrected chi connectivity index (χ3v) is 11.4. The number of fused-ring (bicyclic) bond motifs is 6. The molecule has 2 fully saturated rings. The summed E-state index contributed by atoms with van der Waals surface area (Å²) in [5.41, 5.74) is -0.387. The molecule has 6 heterocycles. The van der Waals surface area contributed by atoms with Gasteiger partial charge in [0, 0.05) is 35.6 Å². The van der Waals surface area contributed by atoms with E-state index >= 15 is 0 Å². The van der Waals surface area contributed by atoms with Gasteiger partial charge in [-0.3, -0.25) is 9.88 Å². The summed E-state index contributed by atoms with van der Waals surface area (Å²) in [6.07, 6.45) is -0.0266. The molecule has 0 spiro atoms. The fraction of sp³-hybridized carbons (Fsp3) is 0.433. The molecular formula is C30H30F3IN7O3PS. The highest BCUT2D eigenvalue weighted by Crippen LogP contribution is 2.49. The Morgan fingerprint density at radius 2 is 1.85 bits per heavy atom. The minimum absolute atomic E-state index is 0.00560. The van der Waals surface area contributed by atoms with Crippen LogP contribution < -0.4 is 9.64 Å². The Hall–Kier alpha value is -3.04. The smallest absolute Gasteiger partial charge is 0.417 e. The van der Waals surface area contributed by atoms with Crippen molar-refractivity contribution >= 4 is 82.9 Å². The van der Waals surface area contributed by atoms with Gasteiger partial charge in [-0.1, -0.05) is 0 Å². The maximum absolute atomic E-state index is 14.7. The number of thiophene rings is 1. The van der Waals surface area contributed by atoms with Gasteiger partial charge in [-0.15, -0.1) is 11.3 Å². The van der Waals surface area contributed by atoms with Crippen molar-refractivity contribution in [2.75, 3.05) is 25.1 Å². The zero-order valence-electron chi connectivity index (χ0n) is 25.6. The highest BCUT2D eigenvalue weighted by molar-refractivity contribution is 14.2. The first kappa shape index (κ1) is 31.6. The highest BCUT2D eigenvalue weighted by Gasteiger charge is 2.45.